The number of aliphatic hydroxyl groups excluding tert-OH is 1. The third-order valence-electron chi connectivity index (χ3n) is 7.26. The molecule has 0 bridgehead atoms. The number of para-hydroxylation sites is 1. The summed E-state index contributed by atoms with van der Waals surface area (Å²) < 4.78 is 7.93. The summed E-state index contributed by atoms with van der Waals surface area (Å²) in [5, 5.41) is 10.9. The fourth-order valence-electron chi connectivity index (χ4n) is 5.10. The van der Waals surface area contributed by atoms with E-state index in [1.54, 1.807) is 6.08 Å². The molecule has 1 saturated heterocycles. The van der Waals surface area contributed by atoms with Gasteiger partial charge in [0.1, 0.15) is 35.0 Å². The van der Waals surface area contributed by atoms with Crippen LogP contribution in [0.1, 0.15) is 25.1 Å². The predicted octanol–water partition coefficient (Wildman–Crippen LogP) is 4.34. The molecule has 3 heterocycles. The van der Waals surface area contributed by atoms with Gasteiger partial charge in [0, 0.05) is 37.2 Å². The molecule has 4 aromatic rings. The lowest BCUT2D eigenvalue weighted by Crippen LogP contribution is -2.27. The number of hydrogen-bond donors (Lipinski definition) is 2. The Labute approximate surface area is 246 Å². The van der Waals surface area contributed by atoms with Gasteiger partial charge in [-0.15, -0.1) is 0 Å². The van der Waals surface area contributed by atoms with Crippen LogP contribution in [0.4, 0.5) is 5.82 Å². The van der Waals surface area contributed by atoms with Crippen LogP contribution in [-0.4, -0.2) is 75.7 Å². The molecule has 5 rings (SSSR count). The lowest BCUT2D eigenvalue weighted by molar-refractivity contribution is -0.125. The van der Waals surface area contributed by atoms with E-state index in [4.69, 9.17) is 10.5 Å². The number of fused-ring (bicyclic) bond motifs is 1. The van der Waals surface area contributed by atoms with Crippen molar-refractivity contribution in [1.82, 2.24) is 24.3 Å². The molecule has 0 radical (unpaired) electrons. The molecule has 9 nitrogen and oxygen atoms in total. The van der Waals surface area contributed by atoms with Crippen LogP contribution < -0.4 is 10.5 Å². The minimum Gasteiger partial charge on any atom is -0.457 e. The second kappa shape index (κ2) is 12.9. The van der Waals surface area contributed by atoms with E-state index in [0.29, 0.717) is 47.9 Å². The molecule has 0 saturated carbocycles. The van der Waals surface area contributed by atoms with Crippen LogP contribution in [0.15, 0.2) is 73.1 Å². The topological polar surface area (TPSA) is 110 Å². The quantitative estimate of drug-likeness (QED) is 0.242. The van der Waals surface area contributed by atoms with Crippen molar-refractivity contribution in [2.24, 2.45) is 5.92 Å². The summed E-state index contributed by atoms with van der Waals surface area (Å²) in [5.41, 5.74) is 9.42. The highest BCUT2D eigenvalue weighted by atomic mass is 16.5. The number of benzene rings is 2. The molecule has 9 heteroatoms. The van der Waals surface area contributed by atoms with Gasteiger partial charge in [0.15, 0.2) is 0 Å². The Morgan fingerprint density at radius 1 is 1.17 bits per heavy atom. The van der Waals surface area contributed by atoms with Gasteiger partial charge in [-0.3, -0.25) is 4.79 Å². The van der Waals surface area contributed by atoms with Gasteiger partial charge in [0.25, 0.3) is 0 Å². The summed E-state index contributed by atoms with van der Waals surface area (Å²) in [7, 11) is 3.93. The molecule has 1 fully saturated rings. The second-order valence-corrected chi connectivity index (χ2v) is 10.7. The van der Waals surface area contributed by atoms with Crippen molar-refractivity contribution in [2.45, 2.75) is 19.4 Å². The molecule has 2 aromatic heterocycles. The molecule has 2 aromatic carbocycles. The van der Waals surface area contributed by atoms with Crippen molar-refractivity contribution < 1.29 is 14.6 Å². The Balaban J connectivity index is 1.51. The van der Waals surface area contributed by atoms with Gasteiger partial charge < -0.3 is 29.9 Å². The molecule has 1 amide bonds. The van der Waals surface area contributed by atoms with Gasteiger partial charge in [-0.05, 0) is 63.2 Å². The molecule has 1 aliphatic rings. The zero-order valence-electron chi connectivity index (χ0n) is 24.2. The van der Waals surface area contributed by atoms with Gasteiger partial charge in [0.05, 0.1) is 18.0 Å². The summed E-state index contributed by atoms with van der Waals surface area (Å²) in [6.45, 7) is 3.76. The Hall–Kier alpha value is -4.65. The van der Waals surface area contributed by atoms with E-state index in [1.807, 2.05) is 96.1 Å². The monoisotopic (exact) mass is 564 g/mol. The number of likely N-dealkylation sites (N-methyl/N-ethyl adjacent to an activating group) is 1. The first-order valence-electron chi connectivity index (χ1n) is 14.1. The summed E-state index contributed by atoms with van der Waals surface area (Å²) in [4.78, 5) is 25.3. The van der Waals surface area contributed by atoms with E-state index in [9.17, 15) is 9.90 Å². The number of anilines is 1. The minimum absolute atomic E-state index is 0.00529. The molecule has 216 valence electrons. The Morgan fingerprint density at radius 2 is 1.90 bits per heavy atom. The third-order valence-corrected chi connectivity index (χ3v) is 7.26. The van der Waals surface area contributed by atoms with Crippen LogP contribution in [-0.2, 0) is 4.79 Å². The lowest BCUT2D eigenvalue weighted by Gasteiger charge is -2.14. The van der Waals surface area contributed by atoms with Crippen molar-refractivity contribution in [3.05, 3.63) is 78.8 Å². The molecule has 3 N–H and O–H groups in total. The molecule has 2 unspecified atom stereocenters. The van der Waals surface area contributed by atoms with Gasteiger partial charge in [0.2, 0.25) is 5.91 Å². The first-order chi connectivity index (χ1) is 20.4. The molecule has 42 heavy (non-hydrogen) atoms. The number of aromatic nitrogens is 3. The highest BCUT2D eigenvalue weighted by molar-refractivity contribution is 6.03. The SMILES string of the molecule is CC(CO)n1c(C#CC2CCN(C(=O)/C=C/CN(C)C)C2)c(-c2ccc(Oc3ccccc3)cc2)c2c(N)ncnc21. The summed E-state index contributed by atoms with van der Waals surface area (Å²) in [6, 6.07) is 17.0. The molecular weight excluding hydrogens is 528 g/mol. The highest BCUT2D eigenvalue weighted by Gasteiger charge is 2.26. The minimum atomic E-state index is -0.302. The summed E-state index contributed by atoms with van der Waals surface area (Å²) in [5.74, 6) is 8.64. The number of likely N-dealkylation sites (tertiary alicyclic amines) is 1. The van der Waals surface area contributed by atoms with Crippen molar-refractivity contribution >= 4 is 22.8 Å². The van der Waals surface area contributed by atoms with Crippen LogP contribution in [0.25, 0.3) is 22.2 Å². The van der Waals surface area contributed by atoms with Crippen molar-refractivity contribution in [2.75, 3.05) is 46.1 Å². The highest BCUT2D eigenvalue weighted by Crippen LogP contribution is 2.39. The number of ether oxygens (including phenoxy) is 1. The van der Waals surface area contributed by atoms with E-state index in [2.05, 4.69) is 21.8 Å². The van der Waals surface area contributed by atoms with Crippen LogP contribution >= 0.6 is 0 Å². The number of hydrogen-bond acceptors (Lipinski definition) is 7. The number of nitrogens with two attached hydrogens (primary N) is 1. The molecule has 0 spiro atoms. The zero-order valence-corrected chi connectivity index (χ0v) is 24.2. The second-order valence-electron chi connectivity index (χ2n) is 10.7. The van der Waals surface area contributed by atoms with Gasteiger partial charge in [-0.1, -0.05) is 42.3 Å². The Morgan fingerprint density at radius 3 is 2.62 bits per heavy atom. The Bertz CT molecular complexity index is 1630. The maximum Gasteiger partial charge on any atom is 0.246 e. The number of carbonyl (C=O) groups is 1. The number of rotatable bonds is 8. The van der Waals surface area contributed by atoms with Gasteiger partial charge >= 0.3 is 0 Å². The van der Waals surface area contributed by atoms with Crippen molar-refractivity contribution in [3.63, 3.8) is 0 Å². The fourth-order valence-corrected chi connectivity index (χ4v) is 5.10. The smallest absolute Gasteiger partial charge is 0.246 e. The summed E-state index contributed by atoms with van der Waals surface area (Å²) in [6.07, 6.45) is 5.74. The van der Waals surface area contributed by atoms with Crippen LogP contribution in [0.5, 0.6) is 11.5 Å². The largest absolute Gasteiger partial charge is 0.457 e. The number of aliphatic hydroxyl groups is 1. The standard InChI is InChI=1S/C33H36N6O3/c1-23(21-40)39-28(16-11-24-17-19-38(20-24)29(41)10-7-18-37(2)3)30(31-32(34)35-22-36-33(31)39)25-12-14-27(15-13-25)42-26-8-5-4-6-9-26/h4-10,12-15,22-24,40H,17-21H2,1-3H3,(H2,34,35,36)/b10-7+. The van der Waals surface area contributed by atoms with Gasteiger partial charge in [-0.2, -0.15) is 0 Å². The van der Waals surface area contributed by atoms with E-state index < -0.39 is 0 Å². The van der Waals surface area contributed by atoms with E-state index in [-0.39, 0.29) is 24.5 Å². The van der Waals surface area contributed by atoms with Gasteiger partial charge in [-0.25, -0.2) is 9.97 Å². The third kappa shape index (κ3) is 6.30. The van der Waals surface area contributed by atoms with E-state index >= 15 is 0 Å². The Kier molecular flexibility index (Phi) is 8.86. The maximum absolute atomic E-state index is 12.7. The molecule has 2 atom stereocenters. The molecule has 0 aliphatic carbocycles. The number of nitrogens with zero attached hydrogens (tertiary/aromatic N) is 5. The maximum atomic E-state index is 12.7. The van der Waals surface area contributed by atoms with E-state index in [1.165, 1.54) is 6.33 Å². The lowest BCUT2D eigenvalue weighted by atomic mass is 10.0. The van der Waals surface area contributed by atoms with Crippen LogP contribution in [0, 0.1) is 17.8 Å². The zero-order chi connectivity index (χ0) is 29.6. The van der Waals surface area contributed by atoms with Crippen molar-refractivity contribution in [3.8, 4) is 34.5 Å². The molecule has 1 aliphatic heterocycles. The average molecular weight is 565 g/mol. The predicted molar refractivity (Wildman–Crippen MR) is 165 cm³/mol. The summed E-state index contributed by atoms with van der Waals surface area (Å²) >= 11 is 0. The fraction of sp³-hybridized carbons (Fsp3) is 0.303. The van der Waals surface area contributed by atoms with E-state index in [0.717, 1.165) is 23.3 Å². The average Bonchev–Trinajstić information content (AvgIpc) is 3.60. The molecular formula is C33H36N6O3. The first kappa shape index (κ1) is 28.9. The normalized spacial score (nSPS) is 15.7. The number of carbonyl (C=O) groups excluding carboxylic acids is 1. The number of nitrogen functional groups attached to an aromatic ring is 1. The first-order valence-corrected chi connectivity index (χ1v) is 14.1. The van der Waals surface area contributed by atoms with Crippen molar-refractivity contribution in [1.29, 1.82) is 0 Å². The number of amides is 1. The van der Waals surface area contributed by atoms with Crippen LogP contribution in [0.2, 0.25) is 0 Å². The van der Waals surface area contributed by atoms with Crippen LogP contribution in [0.3, 0.4) is 0 Å².